The molecule has 0 spiro atoms. The van der Waals surface area contributed by atoms with Crippen molar-refractivity contribution in [2.45, 2.75) is 39.3 Å². The molecule has 1 heterocycles. The predicted octanol–water partition coefficient (Wildman–Crippen LogP) is 2.76. The van der Waals surface area contributed by atoms with Crippen LogP contribution in [0.3, 0.4) is 0 Å². The van der Waals surface area contributed by atoms with Gasteiger partial charge in [0.15, 0.2) is 12.4 Å². The van der Waals surface area contributed by atoms with E-state index in [0.29, 0.717) is 6.02 Å². The Kier molecular flexibility index (Phi) is 3.93. The van der Waals surface area contributed by atoms with Crippen LogP contribution in [0.1, 0.15) is 33.3 Å². The van der Waals surface area contributed by atoms with E-state index in [1.807, 2.05) is 58.0 Å². The molecule has 0 radical (unpaired) electrons. The number of aldehydes is 1. The number of benzene rings is 1. The fourth-order valence-corrected chi connectivity index (χ4v) is 1.98. The zero-order chi connectivity index (χ0) is 14.8. The van der Waals surface area contributed by atoms with E-state index in [1.54, 1.807) is 0 Å². The van der Waals surface area contributed by atoms with Crippen molar-refractivity contribution in [1.82, 2.24) is 5.32 Å². The highest BCUT2D eigenvalue weighted by Crippen LogP contribution is 2.24. The maximum Gasteiger partial charge on any atom is 0.290 e. The van der Waals surface area contributed by atoms with Crippen molar-refractivity contribution >= 4 is 18.0 Å². The Balaban J connectivity index is 2.43. The van der Waals surface area contributed by atoms with E-state index in [4.69, 9.17) is 4.74 Å². The van der Waals surface area contributed by atoms with Gasteiger partial charge in [-0.1, -0.05) is 30.3 Å². The molecule has 2 rings (SSSR count). The molecule has 0 aliphatic carbocycles. The molecule has 1 aliphatic rings. The quantitative estimate of drug-likeness (QED) is 0.842. The molecule has 0 saturated carbocycles. The molecule has 1 aliphatic heterocycles. The fourth-order valence-electron chi connectivity index (χ4n) is 1.98. The van der Waals surface area contributed by atoms with Crippen LogP contribution in [0, 0.1) is 0 Å². The lowest BCUT2D eigenvalue weighted by Gasteiger charge is -2.28. The summed E-state index contributed by atoms with van der Waals surface area (Å²) in [6, 6.07) is 10.3. The van der Waals surface area contributed by atoms with Gasteiger partial charge in [-0.3, -0.25) is 4.79 Å². The van der Waals surface area contributed by atoms with E-state index in [9.17, 15) is 4.79 Å². The molecule has 1 unspecified atom stereocenters. The molecule has 1 atom stereocenters. The number of nitrogens with one attached hydrogen (secondary N) is 1. The minimum Gasteiger partial charge on any atom is -0.449 e. The monoisotopic (exact) mass is 272 g/mol. The molecular formula is C16H20N2O2. The number of hydrogen-bond donors (Lipinski definition) is 1. The normalized spacial score (nSPS) is 21.4. The lowest BCUT2D eigenvalue weighted by atomic mass is 10.0. The third-order valence-electron chi connectivity index (χ3n) is 2.91. The first-order valence-corrected chi connectivity index (χ1v) is 6.66. The average Bonchev–Trinajstić information content (AvgIpc) is 2.40. The SMILES string of the molecule is CC1=C(c2ccccc2)NC(=NC(C)(C)C)OC1C=O. The second-order valence-corrected chi connectivity index (χ2v) is 5.81. The average molecular weight is 272 g/mol. The standard InChI is InChI=1S/C16H20N2O2/c1-11-13(10-19)20-15(18-16(2,3)4)17-14(11)12-8-6-5-7-9-12/h5-10,13H,1-4H3,(H,17,18). The summed E-state index contributed by atoms with van der Waals surface area (Å²) in [5, 5.41) is 3.19. The Morgan fingerprint density at radius 1 is 1.25 bits per heavy atom. The smallest absolute Gasteiger partial charge is 0.290 e. The summed E-state index contributed by atoms with van der Waals surface area (Å²) in [5.74, 6) is 0. The van der Waals surface area contributed by atoms with Crippen molar-refractivity contribution in [3.05, 3.63) is 41.5 Å². The molecule has 106 valence electrons. The van der Waals surface area contributed by atoms with Crippen molar-refractivity contribution < 1.29 is 9.53 Å². The van der Waals surface area contributed by atoms with E-state index in [-0.39, 0.29) is 5.54 Å². The Morgan fingerprint density at radius 2 is 1.90 bits per heavy atom. The lowest BCUT2D eigenvalue weighted by molar-refractivity contribution is -0.113. The van der Waals surface area contributed by atoms with Gasteiger partial charge in [0.05, 0.1) is 11.2 Å². The first-order chi connectivity index (χ1) is 9.40. The number of amidine groups is 1. The predicted molar refractivity (Wildman–Crippen MR) is 80.3 cm³/mol. The minimum atomic E-state index is -0.590. The number of hydrogen-bond acceptors (Lipinski definition) is 3. The molecule has 0 fully saturated rings. The van der Waals surface area contributed by atoms with E-state index in [1.165, 1.54) is 0 Å². The first-order valence-electron chi connectivity index (χ1n) is 6.66. The molecule has 4 nitrogen and oxygen atoms in total. The zero-order valence-corrected chi connectivity index (χ0v) is 12.3. The van der Waals surface area contributed by atoms with Gasteiger partial charge in [0.25, 0.3) is 6.02 Å². The third-order valence-corrected chi connectivity index (χ3v) is 2.91. The molecule has 1 aromatic rings. The van der Waals surface area contributed by atoms with Crippen LogP contribution in [-0.4, -0.2) is 24.0 Å². The number of ether oxygens (including phenoxy) is 1. The Bertz CT molecular complexity index is 554. The summed E-state index contributed by atoms with van der Waals surface area (Å²) in [4.78, 5) is 15.7. The van der Waals surface area contributed by atoms with Crippen LogP contribution in [-0.2, 0) is 9.53 Å². The van der Waals surface area contributed by atoms with Crippen molar-refractivity contribution in [1.29, 1.82) is 0 Å². The summed E-state index contributed by atoms with van der Waals surface area (Å²) in [5.41, 5.74) is 2.49. The Morgan fingerprint density at radius 3 is 2.45 bits per heavy atom. The molecule has 1 aromatic carbocycles. The van der Waals surface area contributed by atoms with Crippen LogP contribution in [0.15, 0.2) is 40.9 Å². The zero-order valence-electron chi connectivity index (χ0n) is 12.3. The van der Waals surface area contributed by atoms with Gasteiger partial charge < -0.3 is 10.1 Å². The number of rotatable bonds is 2. The van der Waals surface area contributed by atoms with Gasteiger partial charge in [0.2, 0.25) is 0 Å². The fraction of sp³-hybridized carbons (Fsp3) is 0.375. The van der Waals surface area contributed by atoms with Crippen LogP contribution >= 0.6 is 0 Å². The van der Waals surface area contributed by atoms with Crippen LogP contribution in [0.25, 0.3) is 5.70 Å². The lowest BCUT2D eigenvalue weighted by Crippen LogP contribution is -2.39. The highest BCUT2D eigenvalue weighted by molar-refractivity contribution is 5.92. The summed E-state index contributed by atoms with van der Waals surface area (Å²) in [7, 11) is 0. The van der Waals surface area contributed by atoms with E-state index in [2.05, 4.69) is 10.3 Å². The number of carbonyl (C=O) groups excluding carboxylic acids is 1. The van der Waals surface area contributed by atoms with Gasteiger partial charge in [0, 0.05) is 0 Å². The summed E-state index contributed by atoms with van der Waals surface area (Å²) < 4.78 is 5.59. The topological polar surface area (TPSA) is 50.7 Å². The molecule has 20 heavy (non-hydrogen) atoms. The third kappa shape index (κ3) is 3.26. The highest BCUT2D eigenvalue weighted by Gasteiger charge is 2.26. The summed E-state index contributed by atoms with van der Waals surface area (Å²) in [6.45, 7) is 7.83. The van der Waals surface area contributed by atoms with Crippen LogP contribution in [0.4, 0.5) is 0 Å². The van der Waals surface area contributed by atoms with Gasteiger partial charge in [-0.25, -0.2) is 4.99 Å². The second kappa shape index (κ2) is 5.49. The minimum absolute atomic E-state index is 0.275. The van der Waals surface area contributed by atoms with Gasteiger partial charge >= 0.3 is 0 Å². The molecule has 0 saturated heterocycles. The van der Waals surface area contributed by atoms with Crippen molar-refractivity contribution in [3.63, 3.8) is 0 Å². The maximum atomic E-state index is 11.2. The molecule has 0 aromatic heterocycles. The Labute approximate surface area is 119 Å². The highest BCUT2D eigenvalue weighted by atomic mass is 16.5. The van der Waals surface area contributed by atoms with Gasteiger partial charge in [-0.05, 0) is 38.8 Å². The van der Waals surface area contributed by atoms with Crippen LogP contribution in [0.2, 0.25) is 0 Å². The summed E-state index contributed by atoms with van der Waals surface area (Å²) in [6.07, 6.45) is 0.213. The number of carbonyl (C=O) groups is 1. The van der Waals surface area contributed by atoms with E-state index in [0.717, 1.165) is 23.1 Å². The molecule has 0 amide bonds. The first kappa shape index (κ1) is 14.3. The molecule has 1 N–H and O–H groups in total. The van der Waals surface area contributed by atoms with Crippen molar-refractivity contribution in [2.75, 3.05) is 0 Å². The summed E-state index contributed by atoms with van der Waals surface area (Å²) >= 11 is 0. The largest absolute Gasteiger partial charge is 0.449 e. The Hall–Kier alpha value is -2.10. The molecule has 4 heteroatoms. The molecular weight excluding hydrogens is 252 g/mol. The number of aliphatic imine (C=N–C) groups is 1. The second-order valence-electron chi connectivity index (χ2n) is 5.81. The van der Waals surface area contributed by atoms with Crippen LogP contribution in [0.5, 0.6) is 0 Å². The maximum absolute atomic E-state index is 11.2. The van der Waals surface area contributed by atoms with E-state index >= 15 is 0 Å². The van der Waals surface area contributed by atoms with Gasteiger partial charge in [-0.15, -0.1) is 0 Å². The van der Waals surface area contributed by atoms with Gasteiger partial charge in [0.1, 0.15) is 0 Å². The van der Waals surface area contributed by atoms with Crippen LogP contribution < -0.4 is 5.32 Å². The van der Waals surface area contributed by atoms with Gasteiger partial charge in [-0.2, -0.15) is 0 Å². The molecule has 0 bridgehead atoms. The van der Waals surface area contributed by atoms with Crippen molar-refractivity contribution in [2.24, 2.45) is 4.99 Å². The number of nitrogens with zero attached hydrogens (tertiary/aromatic N) is 1. The van der Waals surface area contributed by atoms with E-state index < -0.39 is 6.10 Å². The van der Waals surface area contributed by atoms with Crippen molar-refractivity contribution in [3.8, 4) is 0 Å².